The van der Waals surface area contributed by atoms with Crippen molar-refractivity contribution in [3.8, 4) is 5.75 Å². The molecule has 1 fully saturated rings. The number of rotatable bonds is 8. The molecule has 3 rings (SSSR count). The van der Waals surface area contributed by atoms with Gasteiger partial charge in [0.25, 0.3) is 5.91 Å². The Morgan fingerprint density at radius 3 is 2.48 bits per heavy atom. The fourth-order valence-corrected chi connectivity index (χ4v) is 4.25. The summed E-state index contributed by atoms with van der Waals surface area (Å²) < 4.78 is 5.62. The number of amides is 2. The minimum absolute atomic E-state index is 0.153. The molecule has 1 aliphatic carbocycles. The average molecular weight is 484 g/mol. The third-order valence-corrected chi connectivity index (χ3v) is 6.31. The summed E-state index contributed by atoms with van der Waals surface area (Å²) in [4.78, 5) is 27.5. The highest BCUT2D eigenvalue weighted by molar-refractivity contribution is 6.35. The van der Waals surface area contributed by atoms with E-state index in [4.69, 9.17) is 39.5 Å². The molecule has 5 nitrogen and oxygen atoms in total. The van der Waals surface area contributed by atoms with Crippen LogP contribution < -0.4 is 10.1 Å². The van der Waals surface area contributed by atoms with E-state index in [1.807, 2.05) is 0 Å². The number of nitrogens with one attached hydrogen (secondary N) is 1. The maximum absolute atomic E-state index is 13.1. The highest BCUT2D eigenvalue weighted by atomic mass is 35.5. The number of halogens is 3. The van der Waals surface area contributed by atoms with E-state index in [-0.39, 0.29) is 31.0 Å². The molecule has 0 radical (unpaired) electrons. The highest BCUT2D eigenvalue weighted by Crippen LogP contribution is 2.25. The summed E-state index contributed by atoms with van der Waals surface area (Å²) in [5.74, 6) is -0.131. The number of hydrogen-bond acceptors (Lipinski definition) is 3. The van der Waals surface area contributed by atoms with E-state index in [1.165, 1.54) is 4.90 Å². The first-order valence-electron chi connectivity index (χ1n) is 10.3. The fourth-order valence-electron chi connectivity index (χ4n) is 3.59. The molecule has 0 spiro atoms. The molecule has 166 valence electrons. The van der Waals surface area contributed by atoms with Crippen molar-refractivity contribution in [2.75, 3.05) is 6.61 Å². The molecule has 31 heavy (non-hydrogen) atoms. The normalized spacial score (nSPS) is 14.8. The van der Waals surface area contributed by atoms with E-state index in [2.05, 4.69) is 5.32 Å². The molecular weight excluding hydrogens is 459 g/mol. The van der Waals surface area contributed by atoms with Crippen molar-refractivity contribution in [1.82, 2.24) is 10.2 Å². The summed E-state index contributed by atoms with van der Waals surface area (Å²) in [6, 6.07) is 11.5. The van der Waals surface area contributed by atoms with Crippen molar-refractivity contribution in [1.29, 1.82) is 0 Å². The molecule has 2 aromatic carbocycles. The summed E-state index contributed by atoms with van der Waals surface area (Å²) in [6.07, 6.45) is 4.14. The van der Waals surface area contributed by atoms with Crippen LogP contribution in [0, 0.1) is 0 Å². The van der Waals surface area contributed by atoms with E-state index in [0.717, 1.165) is 25.7 Å². The minimum Gasteiger partial charge on any atom is -0.482 e. The highest BCUT2D eigenvalue weighted by Gasteiger charge is 2.29. The lowest BCUT2D eigenvalue weighted by Crippen LogP contribution is -2.50. The quantitative estimate of drug-likeness (QED) is 0.539. The van der Waals surface area contributed by atoms with Gasteiger partial charge >= 0.3 is 0 Å². The Morgan fingerprint density at radius 2 is 1.81 bits per heavy atom. The van der Waals surface area contributed by atoms with Crippen LogP contribution >= 0.6 is 34.8 Å². The van der Waals surface area contributed by atoms with E-state index < -0.39 is 6.04 Å². The maximum atomic E-state index is 13.1. The molecule has 2 aromatic rings. The van der Waals surface area contributed by atoms with Gasteiger partial charge in [-0.2, -0.15) is 0 Å². The number of benzene rings is 2. The second-order valence-corrected chi connectivity index (χ2v) is 8.89. The monoisotopic (exact) mass is 482 g/mol. The first-order chi connectivity index (χ1) is 14.8. The standard InChI is InChI=1S/C23H25Cl3N2O3/c1-15(23(30)27-18-6-2-3-7-18)28(13-16-10-11-17(24)12-20(16)26)22(29)14-31-21-9-5-4-8-19(21)25/h4-5,8-12,15,18H,2-3,6-7,13-14H2,1H3,(H,27,30)/t15-/m1/s1. The molecule has 2 amide bonds. The van der Waals surface area contributed by atoms with Gasteiger partial charge in [0.05, 0.1) is 5.02 Å². The molecular formula is C23H25Cl3N2O3. The molecule has 1 saturated carbocycles. The van der Waals surface area contributed by atoms with Gasteiger partial charge in [0.2, 0.25) is 5.91 Å². The Labute approximate surface area is 197 Å². The molecule has 0 aliphatic heterocycles. The van der Waals surface area contributed by atoms with Gasteiger partial charge in [0, 0.05) is 22.6 Å². The Balaban J connectivity index is 1.75. The van der Waals surface area contributed by atoms with Gasteiger partial charge in [-0.3, -0.25) is 9.59 Å². The van der Waals surface area contributed by atoms with Crippen molar-refractivity contribution in [2.24, 2.45) is 0 Å². The predicted molar refractivity (Wildman–Crippen MR) is 124 cm³/mol. The zero-order valence-corrected chi connectivity index (χ0v) is 19.5. The van der Waals surface area contributed by atoms with Crippen LogP contribution in [0.2, 0.25) is 15.1 Å². The first kappa shape index (κ1) is 23.7. The Morgan fingerprint density at radius 1 is 1.10 bits per heavy atom. The lowest BCUT2D eigenvalue weighted by atomic mass is 10.1. The van der Waals surface area contributed by atoms with Gasteiger partial charge in [-0.15, -0.1) is 0 Å². The molecule has 0 saturated heterocycles. The molecule has 1 aliphatic rings. The Kier molecular flexibility index (Phi) is 8.47. The van der Waals surface area contributed by atoms with Gasteiger partial charge in [-0.25, -0.2) is 0 Å². The molecule has 0 bridgehead atoms. The van der Waals surface area contributed by atoms with Gasteiger partial charge in [-0.1, -0.05) is 65.8 Å². The summed E-state index contributed by atoms with van der Waals surface area (Å²) in [7, 11) is 0. The summed E-state index contributed by atoms with van der Waals surface area (Å²) in [6.45, 7) is 1.61. The van der Waals surface area contributed by atoms with Gasteiger partial charge in [0.1, 0.15) is 11.8 Å². The molecule has 0 aromatic heterocycles. The van der Waals surface area contributed by atoms with Crippen molar-refractivity contribution >= 4 is 46.6 Å². The maximum Gasteiger partial charge on any atom is 0.261 e. The summed E-state index contributed by atoms with van der Waals surface area (Å²) in [5, 5.41) is 4.40. The predicted octanol–water partition coefficient (Wildman–Crippen LogP) is 5.50. The first-order valence-corrected chi connectivity index (χ1v) is 11.4. The SMILES string of the molecule is C[C@H](C(=O)NC1CCCC1)N(Cc1ccc(Cl)cc1Cl)C(=O)COc1ccccc1Cl. The Bertz CT molecular complexity index is 932. The number of nitrogens with zero attached hydrogens (tertiary/aromatic N) is 1. The zero-order chi connectivity index (χ0) is 22.4. The number of ether oxygens (including phenoxy) is 1. The molecule has 8 heteroatoms. The second-order valence-electron chi connectivity index (χ2n) is 7.64. The van der Waals surface area contributed by atoms with Crippen LogP contribution in [0.15, 0.2) is 42.5 Å². The van der Waals surface area contributed by atoms with E-state index in [1.54, 1.807) is 49.4 Å². The topological polar surface area (TPSA) is 58.6 Å². The molecule has 0 unspecified atom stereocenters. The van der Waals surface area contributed by atoms with Crippen molar-refractivity contribution in [3.63, 3.8) is 0 Å². The van der Waals surface area contributed by atoms with Gasteiger partial charge < -0.3 is 15.0 Å². The number of carbonyl (C=O) groups excluding carboxylic acids is 2. The van der Waals surface area contributed by atoms with Crippen LogP contribution in [0.4, 0.5) is 0 Å². The van der Waals surface area contributed by atoms with Crippen molar-refractivity contribution in [2.45, 2.75) is 51.2 Å². The molecule has 1 N–H and O–H groups in total. The number of hydrogen-bond donors (Lipinski definition) is 1. The average Bonchev–Trinajstić information content (AvgIpc) is 3.25. The number of carbonyl (C=O) groups is 2. The van der Waals surface area contributed by atoms with Gasteiger partial charge in [0.15, 0.2) is 6.61 Å². The Hall–Kier alpha value is -1.95. The summed E-state index contributed by atoms with van der Waals surface area (Å²) >= 11 is 18.4. The molecule has 0 heterocycles. The fraction of sp³-hybridized carbons (Fsp3) is 0.391. The minimum atomic E-state index is -0.699. The van der Waals surface area contributed by atoms with Gasteiger partial charge in [-0.05, 0) is 49.6 Å². The van der Waals surface area contributed by atoms with Crippen LogP contribution in [-0.2, 0) is 16.1 Å². The van der Waals surface area contributed by atoms with Crippen LogP contribution in [0.3, 0.4) is 0 Å². The lowest BCUT2D eigenvalue weighted by molar-refractivity contribution is -0.142. The summed E-state index contributed by atoms with van der Waals surface area (Å²) in [5.41, 5.74) is 0.692. The van der Waals surface area contributed by atoms with Crippen molar-refractivity contribution in [3.05, 3.63) is 63.1 Å². The smallest absolute Gasteiger partial charge is 0.261 e. The molecule has 1 atom stereocenters. The van der Waals surface area contributed by atoms with E-state index in [9.17, 15) is 9.59 Å². The van der Waals surface area contributed by atoms with Crippen LogP contribution in [0.1, 0.15) is 38.2 Å². The lowest BCUT2D eigenvalue weighted by Gasteiger charge is -2.30. The van der Waals surface area contributed by atoms with Crippen molar-refractivity contribution < 1.29 is 14.3 Å². The van der Waals surface area contributed by atoms with Crippen LogP contribution in [-0.4, -0.2) is 35.4 Å². The number of para-hydroxylation sites is 1. The van der Waals surface area contributed by atoms with E-state index in [0.29, 0.717) is 26.4 Å². The third-order valence-electron chi connectivity index (χ3n) is 5.41. The third kappa shape index (κ3) is 6.52. The second kappa shape index (κ2) is 11.1. The van der Waals surface area contributed by atoms with Crippen LogP contribution in [0.5, 0.6) is 5.75 Å². The largest absolute Gasteiger partial charge is 0.482 e. The van der Waals surface area contributed by atoms with Crippen LogP contribution in [0.25, 0.3) is 0 Å². The zero-order valence-electron chi connectivity index (χ0n) is 17.2. The van der Waals surface area contributed by atoms with E-state index >= 15 is 0 Å².